The number of hydrazone groups is 1. The Hall–Kier alpha value is -3.29. The molecule has 2 aromatic carbocycles. The average Bonchev–Trinajstić information content (AvgIpc) is 3.01. The first-order valence-electron chi connectivity index (χ1n) is 7.42. The van der Waals surface area contributed by atoms with Gasteiger partial charge < -0.3 is 11.1 Å². The van der Waals surface area contributed by atoms with Crippen molar-refractivity contribution >= 4 is 28.9 Å². The van der Waals surface area contributed by atoms with E-state index in [1.165, 1.54) is 47.5 Å². The highest BCUT2D eigenvalue weighted by Gasteiger charge is 2.35. The molecule has 0 saturated carbocycles. The first-order chi connectivity index (χ1) is 11.9. The van der Waals surface area contributed by atoms with Crippen LogP contribution >= 0.6 is 0 Å². The normalized spacial score (nSPS) is 16.5. The minimum Gasteiger partial charge on any atom is -0.368 e. The van der Waals surface area contributed by atoms with Crippen molar-refractivity contribution in [3.63, 3.8) is 0 Å². The molecule has 1 atom stereocenters. The predicted octanol–water partition coefficient (Wildman–Crippen LogP) is 2.02. The second-order valence-corrected chi connectivity index (χ2v) is 5.45. The van der Waals surface area contributed by atoms with Crippen molar-refractivity contribution in [1.29, 1.82) is 0 Å². The van der Waals surface area contributed by atoms with Gasteiger partial charge in [0, 0.05) is 12.1 Å². The molecule has 1 heterocycles. The van der Waals surface area contributed by atoms with Crippen molar-refractivity contribution in [2.45, 2.75) is 12.5 Å². The van der Waals surface area contributed by atoms with Crippen molar-refractivity contribution in [3.8, 4) is 0 Å². The van der Waals surface area contributed by atoms with E-state index in [-0.39, 0.29) is 17.8 Å². The fourth-order valence-corrected chi connectivity index (χ4v) is 2.47. The fourth-order valence-electron chi connectivity index (χ4n) is 2.47. The molecule has 128 valence electrons. The maximum absolute atomic E-state index is 13.2. The van der Waals surface area contributed by atoms with Gasteiger partial charge in [0.05, 0.1) is 5.69 Å². The van der Waals surface area contributed by atoms with Gasteiger partial charge in [0.15, 0.2) is 0 Å². The number of nitrogens with zero attached hydrogens (tertiary/aromatic N) is 2. The van der Waals surface area contributed by atoms with Gasteiger partial charge in [-0.25, -0.2) is 8.78 Å². The highest BCUT2D eigenvalue weighted by molar-refractivity contribution is 6.44. The molecular weight excluding hydrogens is 330 g/mol. The van der Waals surface area contributed by atoms with Crippen LogP contribution in [0.15, 0.2) is 53.6 Å². The monoisotopic (exact) mass is 344 g/mol. The van der Waals surface area contributed by atoms with Gasteiger partial charge in [0.1, 0.15) is 23.4 Å². The highest BCUT2D eigenvalue weighted by Crippen LogP contribution is 2.25. The third-order valence-electron chi connectivity index (χ3n) is 3.67. The summed E-state index contributed by atoms with van der Waals surface area (Å²) in [5.74, 6) is -2.16. The standard InChI is InChI=1S/C17H14F2N4O2/c18-10-4-6-13(7-5-10)23-15(16(20)24)9-14(22-23)17(25)21-12-3-1-2-11(19)8-12/h1-8,15H,9H2,(H2,20,24)(H,21,25). The molecule has 8 heteroatoms. The second-order valence-electron chi connectivity index (χ2n) is 5.45. The van der Waals surface area contributed by atoms with Crippen molar-refractivity contribution < 1.29 is 18.4 Å². The Bertz CT molecular complexity index is 852. The number of amides is 2. The number of hydrogen-bond donors (Lipinski definition) is 2. The van der Waals surface area contributed by atoms with Crippen molar-refractivity contribution in [2.75, 3.05) is 10.3 Å². The number of rotatable bonds is 4. The lowest BCUT2D eigenvalue weighted by atomic mass is 10.1. The van der Waals surface area contributed by atoms with Crippen LogP contribution in [-0.4, -0.2) is 23.6 Å². The molecule has 2 aromatic rings. The van der Waals surface area contributed by atoms with Crippen molar-refractivity contribution in [1.82, 2.24) is 0 Å². The predicted molar refractivity (Wildman–Crippen MR) is 88.9 cm³/mol. The van der Waals surface area contributed by atoms with E-state index >= 15 is 0 Å². The third-order valence-corrected chi connectivity index (χ3v) is 3.67. The van der Waals surface area contributed by atoms with Crippen LogP contribution in [0.4, 0.5) is 20.2 Å². The van der Waals surface area contributed by atoms with Crippen LogP contribution in [0.1, 0.15) is 6.42 Å². The number of nitrogens with two attached hydrogens (primary N) is 1. The quantitative estimate of drug-likeness (QED) is 0.889. The highest BCUT2D eigenvalue weighted by atomic mass is 19.1. The molecule has 3 N–H and O–H groups in total. The topological polar surface area (TPSA) is 87.8 Å². The zero-order valence-corrected chi connectivity index (χ0v) is 12.9. The molecule has 0 saturated heterocycles. The lowest BCUT2D eigenvalue weighted by molar-refractivity contribution is -0.119. The Kier molecular flexibility index (Phi) is 4.42. The third kappa shape index (κ3) is 3.63. The van der Waals surface area contributed by atoms with Gasteiger partial charge >= 0.3 is 0 Å². The molecule has 0 radical (unpaired) electrons. The van der Waals surface area contributed by atoms with E-state index in [0.29, 0.717) is 5.69 Å². The molecule has 1 aliphatic heterocycles. The Morgan fingerprint density at radius 1 is 1.12 bits per heavy atom. The van der Waals surface area contributed by atoms with Gasteiger partial charge in [-0.2, -0.15) is 5.10 Å². The molecule has 0 aliphatic carbocycles. The molecular formula is C17H14F2N4O2. The number of carbonyl (C=O) groups excluding carboxylic acids is 2. The Morgan fingerprint density at radius 3 is 2.48 bits per heavy atom. The zero-order valence-electron chi connectivity index (χ0n) is 12.9. The van der Waals surface area contributed by atoms with E-state index in [2.05, 4.69) is 10.4 Å². The summed E-state index contributed by atoms with van der Waals surface area (Å²) < 4.78 is 26.3. The number of primary amides is 1. The Balaban J connectivity index is 1.83. The first-order valence-corrected chi connectivity index (χ1v) is 7.42. The summed E-state index contributed by atoms with van der Waals surface area (Å²) in [6.07, 6.45) is -0.00609. The molecule has 2 amide bonds. The van der Waals surface area contributed by atoms with Gasteiger partial charge in [-0.15, -0.1) is 0 Å². The number of nitrogens with one attached hydrogen (secondary N) is 1. The number of anilines is 2. The summed E-state index contributed by atoms with van der Waals surface area (Å²) in [4.78, 5) is 24.0. The summed E-state index contributed by atoms with van der Waals surface area (Å²) in [6, 6.07) is 9.84. The minimum absolute atomic E-state index is 0.00609. The molecule has 0 aromatic heterocycles. The van der Waals surface area contributed by atoms with Crippen LogP contribution in [0.25, 0.3) is 0 Å². The van der Waals surface area contributed by atoms with Gasteiger partial charge in [0.2, 0.25) is 5.91 Å². The van der Waals surface area contributed by atoms with Gasteiger partial charge in [0.25, 0.3) is 5.91 Å². The van der Waals surface area contributed by atoms with Crippen LogP contribution in [0.2, 0.25) is 0 Å². The van der Waals surface area contributed by atoms with E-state index in [9.17, 15) is 18.4 Å². The van der Waals surface area contributed by atoms with E-state index in [1.807, 2.05) is 0 Å². The number of benzene rings is 2. The van der Waals surface area contributed by atoms with E-state index in [4.69, 9.17) is 5.73 Å². The zero-order chi connectivity index (χ0) is 18.0. The van der Waals surface area contributed by atoms with E-state index in [0.717, 1.165) is 6.07 Å². The van der Waals surface area contributed by atoms with E-state index in [1.54, 1.807) is 0 Å². The number of halogens is 2. The van der Waals surface area contributed by atoms with Gasteiger partial charge in [-0.3, -0.25) is 14.6 Å². The number of carbonyl (C=O) groups is 2. The summed E-state index contributed by atoms with van der Waals surface area (Å²) in [5.41, 5.74) is 6.14. The van der Waals surface area contributed by atoms with Crippen molar-refractivity contribution in [2.24, 2.45) is 10.8 Å². The summed E-state index contributed by atoms with van der Waals surface area (Å²) >= 11 is 0. The molecule has 3 rings (SSSR count). The largest absolute Gasteiger partial charge is 0.368 e. The van der Waals surface area contributed by atoms with Gasteiger partial charge in [-0.1, -0.05) is 6.07 Å². The minimum atomic E-state index is -0.862. The first kappa shape index (κ1) is 16.6. The van der Waals surface area contributed by atoms with Crippen LogP contribution in [0, 0.1) is 11.6 Å². The lowest BCUT2D eigenvalue weighted by Crippen LogP contribution is -2.39. The molecule has 0 spiro atoms. The van der Waals surface area contributed by atoms with Gasteiger partial charge in [-0.05, 0) is 42.5 Å². The van der Waals surface area contributed by atoms with Crippen LogP contribution in [-0.2, 0) is 9.59 Å². The maximum Gasteiger partial charge on any atom is 0.271 e. The Labute approximate surface area is 141 Å². The van der Waals surface area contributed by atoms with Crippen LogP contribution in [0.5, 0.6) is 0 Å². The molecule has 6 nitrogen and oxygen atoms in total. The molecule has 0 bridgehead atoms. The molecule has 25 heavy (non-hydrogen) atoms. The Morgan fingerprint density at radius 2 is 1.84 bits per heavy atom. The summed E-state index contributed by atoms with van der Waals surface area (Å²) in [6.45, 7) is 0. The van der Waals surface area contributed by atoms with Crippen LogP contribution in [0.3, 0.4) is 0 Å². The fraction of sp³-hybridized carbons (Fsp3) is 0.118. The SMILES string of the molecule is NC(=O)C1CC(C(=O)Nc2cccc(F)c2)=NN1c1ccc(F)cc1. The summed E-state index contributed by atoms with van der Waals surface area (Å²) in [7, 11) is 0. The smallest absolute Gasteiger partial charge is 0.271 e. The second kappa shape index (κ2) is 6.68. The van der Waals surface area contributed by atoms with Crippen molar-refractivity contribution in [3.05, 3.63) is 60.2 Å². The lowest BCUT2D eigenvalue weighted by Gasteiger charge is -2.20. The van der Waals surface area contributed by atoms with E-state index < -0.39 is 29.5 Å². The summed E-state index contributed by atoms with van der Waals surface area (Å²) in [5, 5.41) is 7.93. The molecule has 1 unspecified atom stereocenters. The number of hydrogen-bond acceptors (Lipinski definition) is 4. The average molecular weight is 344 g/mol. The molecule has 1 aliphatic rings. The van der Waals surface area contributed by atoms with Crippen LogP contribution < -0.4 is 16.1 Å². The maximum atomic E-state index is 13.2. The molecule has 0 fully saturated rings.